The second kappa shape index (κ2) is 6.77. The zero-order chi connectivity index (χ0) is 19.0. The number of fused-ring (bicyclic) bond motifs is 1. The highest BCUT2D eigenvalue weighted by Crippen LogP contribution is 2.30. The first-order chi connectivity index (χ1) is 13.0. The van der Waals surface area contributed by atoms with Gasteiger partial charge in [0.2, 0.25) is 0 Å². The SMILES string of the molecule is CCS(=O)(=O)c1ccc2oc(C3CCN(C(=O)c4cccnc4)C3)nc2c1. The van der Waals surface area contributed by atoms with Crippen LogP contribution in [0, 0.1) is 0 Å². The molecule has 8 heteroatoms. The second-order valence-corrected chi connectivity index (χ2v) is 8.84. The second-order valence-electron chi connectivity index (χ2n) is 6.56. The molecule has 1 aromatic carbocycles. The van der Waals surface area contributed by atoms with Crippen LogP contribution >= 0.6 is 0 Å². The van der Waals surface area contributed by atoms with Crippen LogP contribution < -0.4 is 0 Å². The van der Waals surface area contributed by atoms with Gasteiger partial charge in [-0.15, -0.1) is 0 Å². The smallest absolute Gasteiger partial charge is 0.255 e. The Balaban J connectivity index is 1.56. The minimum absolute atomic E-state index is 0.00995. The molecule has 0 aliphatic carbocycles. The van der Waals surface area contributed by atoms with Gasteiger partial charge in [-0.05, 0) is 36.8 Å². The molecule has 1 atom stereocenters. The number of amides is 1. The summed E-state index contributed by atoms with van der Waals surface area (Å²) in [5, 5.41) is 0. The molecule has 1 saturated heterocycles. The van der Waals surface area contributed by atoms with Crippen molar-refractivity contribution >= 4 is 26.8 Å². The third kappa shape index (κ3) is 3.32. The minimum Gasteiger partial charge on any atom is -0.440 e. The van der Waals surface area contributed by atoms with E-state index in [0.717, 1.165) is 6.42 Å². The summed E-state index contributed by atoms with van der Waals surface area (Å²) in [5.41, 5.74) is 1.64. The summed E-state index contributed by atoms with van der Waals surface area (Å²) in [6.45, 7) is 2.74. The van der Waals surface area contributed by atoms with E-state index in [0.29, 0.717) is 35.6 Å². The van der Waals surface area contributed by atoms with Crippen LogP contribution in [0.2, 0.25) is 0 Å². The Kier molecular flexibility index (Phi) is 4.43. The maximum absolute atomic E-state index is 12.6. The molecule has 1 fully saturated rings. The van der Waals surface area contributed by atoms with Gasteiger partial charge in [-0.3, -0.25) is 9.78 Å². The van der Waals surface area contributed by atoms with E-state index >= 15 is 0 Å². The van der Waals surface area contributed by atoms with E-state index in [4.69, 9.17) is 4.42 Å². The van der Waals surface area contributed by atoms with Gasteiger partial charge in [-0.2, -0.15) is 0 Å². The van der Waals surface area contributed by atoms with Crippen molar-refractivity contribution in [3.63, 3.8) is 0 Å². The standard InChI is InChI=1S/C19H19N3O4S/c1-2-27(24,25)15-5-6-17-16(10-15)21-18(26-17)14-7-9-22(12-14)19(23)13-4-3-8-20-11-13/h3-6,8,10-11,14H,2,7,9,12H2,1H3. The summed E-state index contributed by atoms with van der Waals surface area (Å²) in [6.07, 6.45) is 3.94. The number of likely N-dealkylation sites (tertiary alicyclic amines) is 1. The van der Waals surface area contributed by atoms with Gasteiger partial charge in [-0.25, -0.2) is 13.4 Å². The predicted octanol–water partition coefficient (Wildman–Crippen LogP) is 2.65. The number of oxazole rings is 1. The lowest BCUT2D eigenvalue weighted by Gasteiger charge is -2.15. The van der Waals surface area contributed by atoms with Gasteiger partial charge in [0.25, 0.3) is 5.91 Å². The Morgan fingerprint density at radius 3 is 2.93 bits per heavy atom. The Labute approximate surface area is 156 Å². The lowest BCUT2D eigenvalue weighted by atomic mass is 10.1. The summed E-state index contributed by atoms with van der Waals surface area (Å²) in [6, 6.07) is 8.22. The number of carbonyl (C=O) groups excluding carboxylic acids is 1. The zero-order valence-corrected chi connectivity index (χ0v) is 15.6. The van der Waals surface area contributed by atoms with Crippen molar-refractivity contribution in [3.05, 3.63) is 54.2 Å². The summed E-state index contributed by atoms with van der Waals surface area (Å²) in [5.74, 6) is 0.511. The average molecular weight is 385 g/mol. The molecule has 0 N–H and O–H groups in total. The van der Waals surface area contributed by atoms with Crippen molar-refractivity contribution in [3.8, 4) is 0 Å². The number of hydrogen-bond acceptors (Lipinski definition) is 6. The molecule has 140 valence electrons. The molecule has 1 aliphatic rings. The Morgan fingerprint density at radius 1 is 1.33 bits per heavy atom. The number of hydrogen-bond donors (Lipinski definition) is 0. The van der Waals surface area contributed by atoms with Crippen LogP contribution in [0.5, 0.6) is 0 Å². The van der Waals surface area contributed by atoms with Gasteiger partial charge in [0, 0.05) is 25.5 Å². The molecule has 0 bridgehead atoms. The Morgan fingerprint density at radius 2 is 2.19 bits per heavy atom. The number of pyridine rings is 1. The van der Waals surface area contributed by atoms with Crippen molar-refractivity contribution in [2.24, 2.45) is 0 Å². The molecule has 1 unspecified atom stereocenters. The monoisotopic (exact) mass is 385 g/mol. The normalized spacial score (nSPS) is 17.5. The lowest BCUT2D eigenvalue weighted by molar-refractivity contribution is 0.0789. The molecule has 0 spiro atoms. The first kappa shape index (κ1) is 17.7. The highest BCUT2D eigenvalue weighted by atomic mass is 32.2. The summed E-state index contributed by atoms with van der Waals surface area (Å²) in [4.78, 5) is 23.0. The molecule has 4 rings (SSSR count). The molecule has 0 radical (unpaired) electrons. The first-order valence-corrected chi connectivity index (χ1v) is 10.5. The molecule has 1 amide bonds. The summed E-state index contributed by atoms with van der Waals surface area (Å²) < 4.78 is 29.9. The molecule has 2 aromatic heterocycles. The quantitative estimate of drug-likeness (QED) is 0.685. The van der Waals surface area contributed by atoms with Gasteiger partial charge in [0.1, 0.15) is 5.52 Å². The predicted molar refractivity (Wildman–Crippen MR) is 99.2 cm³/mol. The maximum Gasteiger partial charge on any atom is 0.255 e. The van der Waals surface area contributed by atoms with Crippen molar-refractivity contribution < 1.29 is 17.6 Å². The van der Waals surface area contributed by atoms with Crippen LogP contribution in [0.1, 0.15) is 35.5 Å². The van der Waals surface area contributed by atoms with E-state index in [-0.39, 0.29) is 22.5 Å². The van der Waals surface area contributed by atoms with E-state index in [1.165, 1.54) is 0 Å². The molecular formula is C19H19N3O4S. The fraction of sp³-hybridized carbons (Fsp3) is 0.316. The van der Waals surface area contributed by atoms with Crippen molar-refractivity contribution in [2.75, 3.05) is 18.8 Å². The molecule has 3 heterocycles. The topological polar surface area (TPSA) is 93.4 Å². The number of carbonyl (C=O) groups is 1. The van der Waals surface area contributed by atoms with Gasteiger partial charge in [-0.1, -0.05) is 6.92 Å². The first-order valence-electron chi connectivity index (χ1n) is 8.80. The van der Waals surface area contributed by atoms with Gasteiger partial charge in [0.05, 0.1) is 22.1 Å². The summed E-state index contributed by atoms with van der Waals surface area (Å²) in [7, 11) is -3.29. The third-order valence-corrected chi connectivity index (χ3v) is 6.58. The third-order valence-electron chi connectivity index (χ3n) is 4.85. The molecule has 0 saturated carbocycles. The highest BCUT2D eigenvalue weighted by molar-refractivity contribution is 7.91. The van der Waals surface area contributed by atoms with Crippen LogP contribution in [-0.4, -0.2) is 48.0 Å². The van der Waals surface area contributed by atoms with E-state index in [1.54, 1.807) is 54.5 Å². The van der Waals surface area contributed by atoms with Crippen molar-refractivity contribution in [1.82, 2.24) is 14.9 Å². The van der Waals surface area contributed by atoms with Crippen LogP contribution in [-0.2, 0) is 9.84 Å². The maximum atomic E-state index is 12.6. The van der Waals surface area contributed by atoms with E-state index < -0.39 is 9.84 Å². The number of benzene rings is 1. The van der Waals surface area contributed by atoms with E-state index in [9.17, 15) is 13.2 Å². The molecular weight excluding hydrogens is 366 g/mol. The Bertz CT molecular complexity index is 1090. The van der Waals surface area contributed by atoms with Gasteiger partial charge >= 0.3 is 0 Å². The largest absolute Gasteiger partial charge is 0.440 e. The zero-order valence-electron chi connectivity index (χ0n) is 14.8. The molecule has 3 aromatic rings. The lowest BCUT2D eigenvalue weighted by Crippen LogP contribution is -2.28. The van der Waals surface area contributed by atoms with Gasteiger partial charge in [0.15, 0.2) is 21.3 Å². The summed E-state index contributed by atoms with van der Waals surface area (Å²) >= 11 is 0. The van der Waals surface area contributed by atoms with Crippen molar-refractivity contribution in [2.45, 2.75) is 24.2 Å². The number of nitrogens with zero attached hydrogens (tertiary/aromatic N) is 3. The fourth-order valence-corrected chi connectivity index (χ4v) is 4.18. The number of sulfone groups is 1. The fourth-order valence-electron chi connectivity index (χ4n) is 3.28. The van der Waals surface area contributed by atoms with Crippen molar-refractivity contribution in [1.29, 1.82) is 0 Å². The minimum atomic E-state index is -3.29. The van der Waals surface area contributed by atoms with E-state index in [1.807, 2.05) is 0 Å². The molecule has 27 heavy (non-hydrogen) atoms. The highest BCUT2D eigenvalue weighted by Gasteiger charge is 2.31. The van der Waals surface area contributed by atoms with Crippen LogP contribution in [0.4, 0.5) is 0 Å². The molecule has 1 aliphatic heterocycles. The van der Waals surface area contributed by atoms with Gasteiger partial charge < -0.3 is 9.32 Å². The van der Waals surface area contributed by atoms with Crippen LogP contribution in [0.3, 0.4) is 0 Å². The van der Waals surface area contributed by atoms with E-state index in [2.05, 4.69) is 9.97 Å². The molecule has 7 nitrogen and oxygen atoms in total. The number of rotatable bonds is 4. The Hall–Kier alpha value is -2.74. The van der Waals surface area contributed by atoms with Crippen LogP contribution in [0.15, 0.2) is 52.0 Å². The average Bonchev–Trinajstić information content (AvgIpc) is 3.34. The number of aromatic nitrogens is 2. The van der Waals surface area contributed by atoms with Crippen LogP contribution in [0.25, 0.3) is 11.1 Å².